The molecule has 0 aromatic carbocycles. The lowest BCUT2D eigenvalue weighted by atomic mass is 9.92. The molecule has 2 saturated heterocycles. The Morgan fingerprint density at radius 2 is 2.16 bits per heavy atom. The zero-order valence-corrected chi connectivity index (χ0v) is 12.2. The highest BCUT2D eigenvalue weighted by atomic mass is 16.3. The summed E-state index contributed by atoms with van der Waals surface area (Å²) in [6.07, 6.45) is 6.71. The van der Waals surface area contributed by atoms with Gasteiger partial charge in [0, 0.05) is 12.1 Å². The lowest BCUT2D eigenvalue weighted by molar-refractivity contribution is 0.0700. The molecule has 3 heteroatoms. The number of aryl methyl sites for hydroxylation is 1. The van der Waals surface area contributed by atoms with Gasteiger partial charge in [0.05, 0.1) is 6.04 Å². The standard InChI is InChI=1S/C16H26N2O/c1-12-8-9-16(19-12)13(2)18-11-4-3-7-15(18)14-6-5-10-17-14/h8-9,13-15,17H,3-7,10-11H2,1-2H3. The van der Waals surface area contributed by atoms with Gasteiger partial charge in [-0.2, -0.15) is 0 Å². The minimum Gasteiger partial charge on any atom is -0.465 e. The summed E-state index contributed by atoms with van der Waals surface area (Å²) in [5.74, 6) is 2.15. The molecule has 2 aliphatic rings. The van der Waals surface area contributed by atoms with Gasteiger partial charge in [-0.05, 0) is 64.8 Å². The Morgan fingerprint density at radius 3 is 2.84 bits per heavy atom. The van der Waals surface area contributed by atoms with E-state index in [2.05, 4.69) is 29.3 Å². The molecule has 3 atom stereocenters. The van der Waals surface area contributed by atoms with E-state index in [0.29, 0.717) is 18.1 Å². The maximum absolute atomic E-state index is 5.85. The van der Waals surface area contributed by atoms with E-state index in [1.165, 1.54) is 45.2 Å². The van der Waals surface area contributed by atoms with Crippen molar-refractivity contribution in [1.82, 2.24) is 10.2 Å². The van der Waals surface area contributed by atoms with Crippen LogP contribution in [0.4, 0.5) is 0 Å². The van der Waals surface area contributed by atoms with Crippen molar-refractivity contribution in [2.24, 2.45) is 0 Å². The maximum Gasteiger partial charge on any atom is 0.121 e. The largest absolute Gasteiger partial charge is 0.465 e. The lowest BCUT2D eigenvalue weighted by Gasteiger charge is -2.42. The molecule has 0 aliphatic carbocycles. The van der Waals surface area contributed by atoms with Crippen LogP contribution in [0.2, 0.25) is 0 Å². The van der Waals surface area contributed by atoms with Crippen molar-refractivity contribution in [3.63, 3.8) is 0 Å². The Kier molecular flexibility index (Phi) is 3.94. The van der Waals surface area contributed by atoms with Crippen molar-refractivity contribution in [3.05, 3.63) is 23.7 Å². The van der Waals surface area contributed by atoms with Crippen LogP contribution in [0.1, 0.15) is 56.6 Å². The third kappa shape index (κ3) is 2.72. The summed E-state index contributed by atoms with van der Waals surface area (Å²) < 4.78 is 5.85. The van der Waals surface area contributed by atoms with Gasteiger partial charge in [-0.1, -0.05) is 6.42 Å². The first-order chi connectivity index (χ1) is 9.25. The van der Waals surface area contributed by atoms with Crippen molar-refractivity contribution in [1.29, 1.82) is 0 Å². The Hall–Kier alpha value is -0.800. The van der Waals surface area contributed by atoms with Gasteiger partial charge in [-0.15, -0.1) is 0 Å². The highest BCUT2D eigenvalue weighted by Crippen LogP contribution is 2.32. The number of hydrogen-bond donors (Lipinski definition) is 1. The fraction of sp³-hybridized carbons (Fsp3) is 0.750. The third-order valence-electron chi connectivity index (χ3n) is 4.83. The first kappa shape index (κ1) is 13.2. The zero-order valence-electron chi connectivity index (χ0n) is 12.2. The zero-order chi connectivity index (χ0) is 13.2. The molecule has 3 unspecified atom stereocenters. The number of nitrogens with zero attached hydrogens (tertiary/aromatic N) is 1. The van der Waals surface area contributed by atoms with Gasteiger partial charge >= 0.3 is 0 Å². The van der Waals surface area contributed by atoms with E-state index in [1.807, 2.05) is 6.92 Å². The molecule has 0 saturated carbocycles. The highest BCUT2D eigenvalue weighted by Gasteiger charge is 2.35. The Morgan fingerprint density at radius 1 is 1.26 bits per heavy atom. The van der Waals surface area contributed by atoms with E-state index in [-0.39, 0.29) is 0 Å². The number of hydrogen-bond acceptors (Lipinski definition) is 3. The van der Waals surface area contributed by atoms with Gasteiger partial charge in [-0.3, -0.25) is 4.90 Å². The van der Waals surface area contributed by atoms with E-state index in [9.17, 15) is 0 Å². The predicted molar refractivity (Wildman–Crippen MR) is 77.2 cm³/mol. The SMILES string of the molecule is Cc1ccc(C(C)N2CCCCC2C2CCCN2)o1. The summed E-state index contributed by atoms with van der Waals surface area (Å²) in [5, 5.41) is 3.70. The van der Waals surface area contributed by atoms with E-state index < -0.39 is 0 Å². The van der Waals surface area contributed by atoms with Crippen molar-refractivity contribution < 1.29 is 4.42 Å². The average molecular weight is 262 g/mol. The Labute approximate surface area is 116 Å². The highest BCUT2D eigenvalue weighted by molar-refractivity contribution is 5.10. The van der Waals surface area contributed by atoms with Gasteiger partial charge in [0.25, 0.3) is 0 Å². The molecule has 0 spiro atoms. The molecule has 0 amide bonds. The van der Waals surface area contributed by atoms with Gasteiger partial charge in [0.1, 0.15) is 11.5 Å². The molecule has 1 aromatic rings. The second kappa shape index (κ2) is 5.68. The van der Waals surface area contributed by atoms with Crippen LogP contribution < -0.4 is 5.32 Å². The van der Waals surface area contributed by atoms with Crippen LogP contribution in [0.5, 0.6) is 0 Å². The summed E-state index contributed by atoms with van der Waals surface area (Å²) in [7, 11) is 0. The maximum atomic E-state index is 5.85. The number of likely N-dealkylation sites (tertiary alicyclic amines) is 1. The summed E-state index contributed by atoms with van der Waals surface area (Å²) >= 11 is 0. The van der Waals surface area contributed by atoms with Crippen molar-refractivity contribution in [3.8, 4) is 0 Å². The van der Waals surface area contributed by atoms with Gasteiger partial charge in [0.2, 0.25) is 0 Å². The van der Waals surface area contributed by atoms with Crippen LogP contribution in [0.15, 0.2) is 16.5 Å². The summed E-state index contributed by atoms with van der Waals surface area (Å²) in [4.78, 5) is 2.67. The van der Waals surface area contributed by atoms with Gasteiger partial charge in [0.15, 0.2) is 0 Å². The van der Waals surface area contributed by atoms with Crippen LogP contribution in [0.3, 0.4) is 0 Å². The van der Waals surface area contributed by atoms with Crippen LogP contribution >= 0.6 is 0 Å². The molecule has 2 aliphatic heterocycles. The molecular formula is C16H26N2O. The fourth-order valence-electron chi connectivity index (χ4n) is 3.77. The summed E-state index contributed by atoms with van der Waals surface area (Å²) in [5.41, 5.74) is 0. The first-order valence-electron chi connectivity index (χ1n) is 7.81. The van der Waals surface area contributed by atoms with Crippen LogP contribution in [-0.4, -0.2) is 30.1 Å². The summed E-state index contributed by atoms with van der Waals surface area (Å²) in [6.45, 7) is 6.74. The number of piperidine rings is 1. The Bertz CT molecular complexity index is 409. The van der Waals surface area contributed by atoms with Gasteiger partial charge < -0.3 is 9.73 Å². The van der Waals surface area contributed by atoms with E-state index >= 15 is 0 Å². The first-order valence-corrected chi connectivity index (χ1v) is 7.81. The van der Waals surface area contributed by atoms with Gasteiger partial charge in [-0.25, -0.2) is 0 Å². The van der Waals surface area contributed by atoms with Crippen molar-refractivity contribution >= 4 is 0 Å². The van der Waals surface area contributed by atoms with Crippen molar-refractivity contribution in [2.75, 3.05) is 13.1 Å². The molecule has 2 fully saturated rings. The number of nitrogens with one attached hydrogen (secondary N) is 1. The molecule has 0 bridgehead atoms. The summed E-state index contributed by atoms with van der Waals surface area (Å²) in [6, 6.07) is 6.02. The molecule has 3 heterocycles. The molecule has 106 valence electrons. The average Bonchev–Trinajstić information content (AvgIpc) is 3.09. The van der Waals surface area contributed by atoms with E-state index in [4.69, 9.17) is 4.42 Å². The monoisotopic (exact) mass is 262 g/mol. The molecule has 1 N–H and O–H groups in total. The third-order valence-corrected chi connectivity index (χ3v) is 4.83. The van der Waals surface area contributed by atoms with E-state index in [0.717, 1.165) is 11.5 Å². The molecule has 19 heavy (non-hydrogen) atoms. The number of rotatable bonds is 3. The van der Waals surface area contributed by atoms with E-state index in [1.54, 1.807) is 0 Å². The van der Waals surface area contributed by atoms with Crippen LogP contribution in [0, 0.1) is 6.92 Å². The lowest BCUT2D eigenvalue weighted by Crippen LogP contribution is -2.50. The molecular weight excluding hydrogens is 236 g/mol. The minimum absolute atomic E-state index is 0.404. The minimum atomic E-state index is 0.404. The quantitative estimate of drug-likeness (QED) is 0.906. The molecule has 0 radical (unpaired) electrons. The second-order valence-electron chi connectivity index (χ2n) is 6.13. The van der Waals surface area contributed by atoms with Crippen LogP contribution in [0.25, 0.3) is 0 Å². The topological polar surface area (TPSA) is 28.4 Å². The fourth-order valence-corrected chi connectivity index (χ4v) is 3.77. The molecule has 3 rings (SSSR count). The second-order valence-corrected chi connectivity index (χ2v) is 6.13. The Balaban J connectivity index is 1.75. The molecule has 3 nitrogen and oxygen atoms in total. The predicted octanol–water partition coefficient (Wildman–Crippen LogP) is 3.26. The normalized spacial score (nSPS) is 30.6. The molecule has 1 aromatic heterocycles. The number of furan rings is 1. The van der Waals surface area contributed by atoms with Crippen LogP contribution in [-0.2, 0) is 0 Å². The van der Waals surface area contributed by atoms with Crippen molar-refractivity contribution in [2.45, 2.75) is 64.1 Å². The smallest absolute Gasteiger partial charge is 0.121 e.